The van der Waals surface area contributed by atoms with Gasteiger partial charge < -0.3 is 9.80 Å². The summed E-state index contributed by atoms with van der Waals surface area (Å²) < 4.78 is 1.76. The van der Waals surface area contributed by atoms with E-state index in [1.807, 2.05) is 36.5 Å². The van der Waals surface area contributed by atoms with Gasteiger partial charge in [-0.3, -0.25) is 14.5 Å². The van der Waals surface area contributed by atoms with Crippen molar-refractivity contribution in [3.05, 3.63) is 53.8 Å². The highest BCUT2D eigenvalue weighted by Gasteiger charge is 2.47. The van der Waals surface area contributed by atoms with Gasteiger partial charge in [0.2, 0.25) is 0 Å². The van der Waals surface area contributed by atoms with Gasteiger partial charge in [-0.25, -0.2) is 14.5 Å². The first-order valence-corrected chi connectivity index (χ1v) is 10.9. The van der Waals surface area contributed by atoms with Gasteiger partial charge in [-0.1, -0.05) is 18.2 Å². The maximum Gasteiger partial charge on any atom is 0.327 e. The minimum atomic E-state index is -0.604. The fourth-order valence-electron chi connectivity index (χ4n) is 3.95. The van der Waals surface area contributed by atoms with E-state index in [0.29, 0.717) is 30.3 Å². The minimum Gasteiger partial charge on any atom is -0.333 e. The molecule has 2 saturated heterocycles. The molecule has 0 saturated carbocycles. The number of piperazine rings is 1. The first-order valence-electron chi connectivity index (χ1n) is 10.0. The molecule has 31 heavy (non-hydrogen) atoms. The summed E-state index contributed by atoms with van der Waals surface area (Å²) in [7, 11) is 0. The lowest BCUT2D eigenvalue weighted by Gasteiger charge is -2.34. The van der Waals surface area contributed by atoms with Gasteiger partial charge in [0.1, 0.15) is 16.7 Å². The van der Waals surface area contributed by atoms with Gasteiger partial charge in [-0.15, -0.1) is 11.3 Å². The first kappa shape index (κ1) is 19.4. The Kier molecular flexibility index (Phi) is 4.78. The Balaban J connectivity index is 1.32. The van der Waals surface area contributed by atoms with E-state index in [1.165, 1.54) is 16.2 Å². The summed E-state index contributed by atoms with van der Waals surface area (Å²) in [4.78, 5) is 46.7. The molecular weight excluding hydrogens is 416 g/mol. The molecule has 0 aliphatic carbocycles. The molecule has 2 aliphatic rings. The quantitative estimate of drug-likeness (QED) is 0.584. The molecule has 4 amide bonds. The van der Waals surface area contributed by atoms with Crippen LogP contribution in [0, 0.1) is 0 Å². The lowest BCUT2D eigenvalue weighted by atomic mass is 10.1. The number of rotatable bonds is 4. The number of imide groups is 1. The number of urea groups is 1. The van der Waals surface area contributed by atoms with Gasteiger partial charge in [-0.2, -0.15) is 5.10 Å². The lowest BCUT2D eigenvalue weighted by Crippen LogP contribution is -2.54. The largest absolute Gasteiger partial charge is 0.333 e. The molecule has 158 valence electrons. The molecule has 2 fully saturated rings. The van der Waals surface area contributed by atoms with Gasteiger partial charge in [0, 0.05) is 36.8 Å². The van der Waals surface area contributed by atoms with Crippen LogP contribution in [0.4, 0.5) is 4.79 Å². The molecule has 1 aromatic carbocycles. The van der Waals surface area contributed by atoms with Crippen LogP contribution in [0.5, 0.6) is 0 Å². The molecule has 0 N–H and O–H groups in total. The van der Waals surface area contributed by atoms with Crippen molar-refractivity contribution in [1.29, 1.82) is 0 Å². The van der Waals surface area contributed by atoms with Gasteiger partial charge in [0.15, 0.2) is 0 Å². The molecule has 0 spiro atoms. The molecule has 0 radical (unpaired) electrons. The Hall–Kier alpha value is -3.53. The summed E-state index contributed by atoms with van der Waals surface area (Å²) in [6, 6.07) is 8.88. The Morgan fingerprint density at radius 3 is 2.77 bits per heavy atom. The van der Waals surface area contributed by atoms with E-state index >= 15 is 0 Å². The predicted molar refractivity (Wildman–Crippen MR) is 114 cm³/mol. The van der Waals surface area contributed by atoms with Gasteiger partial charge in [-0.05, 0) is 19.1 Å². The molecule has 2 aliphatic heterocycles. The average molecular weight is 436 g/mol. The number of hydrogen-bond donors (Lipinski definition) is 0. The second kappa shape index (κ2) is 7.62. The zero-order chi connectivity index (χ0) is 21.5. The van der Waals surface area contributed by atoms with Crippen molar-refractivity contribution in [2.45, 2.75) is 13.0 Å². The van der Waals surface area contributed by atoms with Crippen LogP contribution in [0.2, 0.25) is 0 Å². The van der Waals surface area contributed by atoms with E-state index in [1.54, 1.807) is 33.0 Å². The second-order valence-corrected chi connectivity index (χ2v) is 8.23. The highest BCUT2D eigenvalue weighted by atomic mass is 32.1. The number of amides is 4. The summed E-state index contributed by atoms with van der Waals surface area (Å²) in [5.74, 6) is -0.468. The van der Waals surface area contributed by atoms with E-state index in [2.05, 4.69) is 10.1 Å². The highest BCUT2D eigenvalue weighted by molar-refractivity contribution is 7.13. The van der Waals surface area contributed by atoms with Crippen molar-refractivity contribution >= 4 is 29.2 Å². The first-order chi connectivity index (χ1) is 15.1. The summed E-state index contributed by atoms with van der Waals surface area (Å²) in [5.41, 5.74) is 2.11. The SMILES string of the molecule is CCN1C(=O)C2CN(C(=O)c3csc(-c4cnn(-c5ccccc5)c4)n3)CCN2C1=O. The smallest absolute Gasteiger partial charge is 0.327 e. The van der Waals surface area contributed by atoms with Crippen molar-refractivity contribution < 1.29 is 14.4 Å². The third-order valence-corrected chi connectivity index (χ3v) is 6.48. The maximum absolute atomic E-state index is 13.0. The lowest BCUT2D eigenvalue weighted by molar-refractivity contribution is -0.129. The monoisotopic (exact) mass is 436 g/mol. The van der Waals surface area contributed by atoms with Crippen LogP contribution in [-0.2, 0) is 4.79 Å². The van der Waals surface area contributed by atoms with Crippen molar-refractivity contribution in [1.82, 2.24) is 29.5 Å². The normalized spacial score (nSPS) is 18.6. The average Bonchev–Trinajstić information content (AvgIpc) is 3.53. The molecular formula is C21H20N6O3S. The van der Waals surface area contributed by atoms with Crippen molar-refractivity contribution in [2.75, 3.05) is 26.2 Å². The molecule has 10 heteroatoms. The van der Waals surface area contributed by atoms with E-state index in [-0.39, 0.29) is 24.4 Å². The summed E-state index contributed by atoms with van der Waals surface area (Å²) in [5, 5.41) is 6.81. The fourth-order valence-corrected chi connectivity index (χ4v) is 4.72. The standard InChI is InChI=1S/C21H20N6O3S/c1-2-25-20(29)17-12-24(8-9-26(17)21(25)30)19(28)16-13-31-18(23-16)14-10-22-27(11-14)15-6-4-3-5-7-15/h3-7,10-11,13,17H,2,8-9,12H2,1H3. The van der Waals surface area contributed by atoms with Crippen LogP contribution in [0.25, 0.3) is 16.3 Å². The number of carbonyl (C=O) groups excluding carboxylic acids is 3. The zero-order valence-corrected chi connectivity index (χ0v) is 17.7. The zero-order valence-electron chi connectivity index (χ0n) is 16.8. The molecule has 1 unspecified atom stereocenters. The Labute approximate surface area is 182 Å². The van der Waals surface area contributed by atoms with E-state index in [9.17, 15) is 14.4 Å². The number of aromatic nitrogens is 3. The van der Waals surface area contributed by atoms with Crippen molar-refractivity contribution in [3.63, 3.8) is 0 Å². The van der Waals surface area contributed by atoms with Gasteiger partial charge >= 0.3 is 6.03 Å². The molecule has 1 atom stereocenters. The number of benzene rings is 1. The molecule has 0 bridgehead atoms. The number of nitrogens with zero attached hydrogens (tertiary/aromatic N) is 6. The third kappa shape index (κ3) is 3.28. The third-order valence-electron chi connectivity index (χ3n) is 5.59. The molecule has 4 heterocycles. The van der Waals surface area contributed by atoms with Gasteiger partial charge in [0.05, 0.1) is 18.4 Å². The summed E-state index contributed by atoms with van der Waals surface area (Å²) in [6.07, 6.45) is 3.60. The molecule has 5 rings (SSSR count). The number of likely N-dealkylation sites (N-methyl/N-ethyl adjacent to an activating group) is 1. The summed E-state index contributed by atoms with van der Waals surface area (Å²) >= 11 is 1.38. The van der Waals surface area contributed by atoms with E-state index in [0.717, 1.165) is 11.3 Å². The van der Waals surface area contributed by atoms with Crippen LogP contribution in [-0.4, -0.2) is 79.5 Å². The Bertz CT molecular complexity index is 1160. The van der Waals surface area contributed by atoms with E-state index < -0.39 is 6.04 Å². The van der Waals surface area contributed by atoms with Crippen LogP contribution in [0.1, 0.15) is 17.4 Å². The van der Waals surface area contributed by atoms with Crippen LogP contribution in [0.15, 0.2) is 48.1 Å². The van der Waals surface area contributed by atoms with E-state index in [4.69, 9.17) is 0 Å². The highest BCUT2D eigenvalue weighted by Crippen LogP contribution is 2.27. The number of carbonyl (C=O) groups is 3. The fraction of sp³-hybridized carbons (Fsp3) is 0.286. The minimum absolute atomic E-state index is 0.193. The number of fused-ring (bicyclic) bond motifs is 1. The number of hydrogen-bond acceptors (Lipinski definition) is 6. The second-order valence-electron chi connectivity index (χ2n) is 7.37. The predicted octanol–water partition coefficient (Wildman–Crippen LogP) is 2.10. The van der Waals surface area contributed by atoms with Crippen LogP contribution >= 0.6 is 11.3 Å². The number of thiazole rings is 1. The van der Waals surface area contributed by atoms with Crippen molar-refractivity contribution in [2.24, 2.45) is 0 Å². The van der Waals surface area contributed by atoms with Crippen LogP contribution in [0.3, 0.4) is 0 Å². The summed E-state index contributed by atoms with van der Waals surface area (Å²) in [6.45, 7) is 3.03. The molecule has 3 aromatic rings. The maximum atomic E-state index is 13.0. The number of para-hydroxylation sites is 1. The van der Waals surface area contributed by atoms with Crippen molar-refractivity contribution in [3.8, 4) is 16.3 Å². The molecule has 2 aromatic heterocycles. The van der Waals surface area contributed by atoms with Crippen LogP contribution < -0.4 is 0 Å². The van der Waals surface area contributed by atoms with Gasteiger partial charge in [0.25, 0.3) is 11.8 Å². The topological polar surface area (TPSA) is 91.6 Å². The molecule has 9 nitrogen and oxygen atoms in total. The Morgan fingerprint density at radius 1 is 1.19 bits per heavy atom. The Morgan fingerprint density at radius 2 is 2.00 bits per heavy atom.